The predicted octanol–water partition coefficient (Wildman–Crippen LogP) is 1.91. The molecule has 0 saturated carbocycles. The number of benzene rings is 1. The number of pyridine rings is 1. The predicted molar refractivity (Wildman–Crippen MR) is 84.0 cm³/mol. The summed E-state index contributed by atoms with van der Waals surface area (Å²) in [6.45, 7) is 1.93. The third-order valence-corrected chi connectivity index (χ3v) is 3.20. The normalized spacial score (nSPS) is 10.0. The highest BCUT2D eigenvalue weighted by Crippen LogP contribution is 2.14. The fourth-order valence-electron chi connectivity index (χ4n) is 2.07. The summed E-state index contributed by atoms with van der Waals surface area (Å²) >= 11 is 0. The first-order valence-electron chi connectivity index (χ1n) is 7.01. The van der Waals surface area contributed by atoms with E-state index >= 15 is 0 Å². The van der Waals surface area contributed by atoms with Crippen LogP contribution in [0.15, 0.2) is 41.3 Å². The van der Waals surface area contributed by atoms with Crippen molar-refractivity contribution >= 4 is 11.5 Å². The lowest BCUT2D eigenvalue weighted by Crippen LogP contribution is -2.26. The molecule has 0 spiro atoms. The van der Waals surface area contributed by atoms with Crippen LogP contribution in [0.1, 0.15) is 22.8 Å². The number of nitrogens with zero attached hydrogens (tertiary/aromatic N) is 3. The Hall–Kier alpha value is -3.47. The van der Waals surface area contributed by atoms with Gasteiger partial charge in [0.15, 0.2) is 5.78 Å². The fourth-order valence-corrected chi connectivity index (χ4v) is 2.07. The second-order valence-electron chi connectivity index (χ2n) is 4.79. The van der Waals surface area contributed by atoms with E-state index < -0.39 is 28.5 Å². The molecule has 0 aliphatic carbocycles. The molecule has 122 valence electrons. The van der Waals surface area contributed by atoms with Gasteiger partial charge < -0.3 is 4.74 Å². The smallest absolute Gasteiger partial charge is 0.287 e. The van der Waals surface area contributed by atoms with E-state index in [1.165, 1.54) is 0 Å². The van der Waals surface area contributed by atoms with Gasteiger partial charge >= 0.3 is 0 Å². The minimum atomic E-state index is -0.748. The molecular formula is C16H13N3O5. The Bertz CT molecular complexity index is 878. The Morgan fingerprint density at radius 1 is 1.38 bits per heavy atom. The Morgan fingerprint density at radius 3 is 2.58 bits per heavy atom. The molecule has 0 N–H and O–H groups in total. The van der Waals surface area contributed by atoms with Gasteiger partial charge in [0.2, 0.25) is 0 Å². The van der Waals surface area contributed by atoms with Gasteiger partial charge in [-0.25, -0.2) is 0 Å². The molecule has 0 unspecified atom stereocenters. The zero-order chi connectivity index (χ0) is 17.7. The van der Waals surface area contributed by atoms with Crippen molar-refractivity contribution in [3.8, 4) is 11.8 Å². The van der Waals surface area contributed by atoms with Gasteiger partial charge in [-0.1, -0.05) is 0 Å². The molecule has 0 aliphatic rings. The number of carbonyl (C=O) groups excluding carboxylic acids is 1. The summed E-state index contributed by atoms with van der Waals surface area (Å²) in [4.78, 5) is 34.4. The van der Waals surface area contributed by atoms with Crippen LogP contribution >= 0.6 is 0 Å². The quantitative estimate of drug-likeness (QED) is 0.454. The molecule has 8 nitrogen and oxygen atoms in total. The molecule has 0 amide bonds. The van der Waals surface area contributed by atoms with Crippen LogP contribution in [0.5, 0.6) is 5.75 Å². The third-order valence-electron chi connectivity index (χ3n) is 3.20. The number of nitro groups is 1. The Kier molecular flexibility index (Phi) is 5.06. The molecule has 0 atom stereocenters. The maximum atomic E-state index is 12.3. The van der Waals surface area contributed by atoms with Crippen molar-refractivity contribution in [2.24, 2.45) is 0 Å². The highest BCUT2D eigenvalue weighted by molar-refractivity contribution is 5.96. The first-order chi connectivity index (χ1) is 11.5. The average molecular weight is 327 g/mol. The minimum Gasteiger partial charge on any atom is -0.494 e. The minimum absolute atomic E-state index is 0.329. The number of rotatable bonds is 6. The van der Waals surface area contributed by atoms with Crippen LogP contribution in [-0.4, -0.2) is 21.9 Å². The second-order valence-corrected chi connectivity index (χ2v) is 4.79. The first kappa shape index (κ1) is 16.9. The van der Waals surface area contributed by atoms with Crippen LogP contribution in [0.2, 0.25) is 0 Å². The molecule has 0 aliphatic heterocycles. The zero-order valence-electron chi connectivity index (χ0n) is 12.8. The highest BCUT2D eigenvalue weighted by Gasteiger charge is 2.16. The van der Waals surface area contributed by atoms with Crippen molar-refractivity contribution in [1.29, 1.82) is 5.26 Å². The Morgan fingerprint density at radius 2 is 2.04 bits per heavy atom. The summed E-state index contributed by atoms with van der Waals surface area (Å²) in [7, 11) is 0. The summed E-state index contributed by atoms with van der Waals surface area (Å²) in [6.07, 6.45) is 0.954. The molecule has 0 radical (unpaired) electrons. The Balaban J connectivity index is 2.31. The number of Topliss-reactive ketones (excluding diaryl/α,β-unsaturated/α-hetero) is 1. The van der Waals surface area contributed by atoms with Crippen molar-refractivity contribution in [2.45, 2.75) is 13.5 Å². The summed E-state index contributed by atoms with van der Waals surface area (Å²) in [6, 6.07) is 8.81. The topological polar surface area (TPSA) is 115 Å². The lowest BCUT2D eigenvalue weighted by molar-refractivity contribution is -0.385. The zero-order valence-corrected chi connectivity index (χ0v) is 12.8. The van der Waals surface area contributed by atoms with Crippen LogP contribution in [0.4, 0.5) is 5.69 Å². The number of aromatic nitrogens is 1. The van der Waals surface area contributed by atoms with Crippen molar-refractivity contribution in [3.05, 3.63) is 68.1 Å². The number of hydrogen-bond donors (Lipinski definition) is 0. The molecule has 0 saturated heterocycles. The van der Waals surface area contributed by atoms with Crippen molar-refractivity contribution < 1.29 is 14.5 Å². The number of ether oxygens (including phenoxy) is 1. The second kappa shape index (κ2) is 7.19. The van der Waals surface area contributed by atoms with Gasteiger partial charge in [0.25, 0.3) is 11.2 Å². The number of hydrogen-bond acceptors (Lipinski definition) is 6. The van der Waals surface area contributed by atoms with Crippen molar-refractivity contribution in [3.63, 3.8) is 0 Å². The lowest BCUT2D eigenvalue weighted by atomic mass is 10.1. The monoisotopic (exact) mass is 327 g/mol. The largest absolute Gasteiger partial charge is 0.494 e. The van der Waals surface area contributed by atoms with Crippen molar-refractivity contribution in [1.82, 2.24) is 4.57 Å². The van der Waals surface area contributed by atoms with Crippen LogP contribution in [0, 0.1) is 21.4 Å². The summed E-state index contributed by atoms with van der Waals surface area (Å²) in [5, 5.41) is 19.8. The standard InChI is InChI=1S/C16H13N3O5/c1-2-24-14-5-3-11(4-6-14)15(20)10-18-9-13(19(22)23)7-12(8-17)16(18)21/h3-7,9H,2,10H2,1H3. The van der Waals surface area contributed by atoms with E-state index in [4.69, 9.17) is 10.00 Å². The van der Waals surface area contributed by atoms with E-state index in [2.05, 4.69) is 0 Å². The van der Waals surface area contributed by atoms with Gasteiger partial charge in [-0.3, -0.25) is 24.3 Å². The van der Waals surface area contributed by atoms with Gasteiger partial charge in [0.05, 0.1) is 24.3 Å². The van der Waals surface area contributed by atoms with Crippen LogP contribution in [0.25, 0.3) is 0 Å². The van der Waals surface area contributed by atoms with E-state index in [9.17, 15) is 19.7 Å². The molecule has 2 rings (SSSR count). The van der Waals surface area contributed by atoms with E-state index in [0.29, 0.717) is 17.9 Å². The summed E-state index contributed by atoms with van der Waals surface area (Å²) in [5.74, 6) is 0.192. The van der Waals surface area contributed by atoms with Crippen LogP contribution < -0.4 is 10.3 Å². The number of ketones is 1. The highest BCUT2D eigenvalue weighted by atomic mass is 16.6. The van der Waals surface area contributed by atoms with Crippen molar-refractivity contribution in [2.75, 3.05) is 6.61 Å². The number of nitriles is 1. The van der Waals surface area contributed by atoms with E-state index in [1.807, 2.05) is 6.92 Å². The Labute approximate surface area is 136 Å². The van der Waals surface area contributed by atoms with E-state index in [1.54, 1.807) is 30.3 Å². The fraction of sp³-hybridized carbons (Fsp3) is 0.188. The molecular weight excluding hydrogens is 314 g/mol. The summed E-state index contributed by atoms with van der Waals surface area (Å²) < 4.78 is 6.14. The molecule has 8 heteroatoms. The van der Waals surface area contributed by atoms with E-state index in [-0.39, 0.29) is 5.56 Å². The molecule has 0 bridgehead atoms. The lowest BCUT2D eigenvalue weighted by Gasteiger charge is -2.07. The molecule has 2 aromatic rings. The maximum absolute atomic E-state index is 12.3. The van der Waals surface area contributed by atoms with Crippen LogP contribution in [0.3, 0.4) is 0 Å². The molecule has 1 heterocycles. The van der Waals surface area contributed by atoms with Gasteiger partial charge in [-0.05, 0) is 31.2 Å². The SMILES string of the molecule is CCOc1ccc(C(=O)Cn2cc([N+](=O)[O-])cc(C#N)c2=O)cc1. The van der Waals surface area contributed by atoms with Gasteiger partial charge in [0, 0.05) is 11.6 Å². The third kappa shape index (κ3) is 3.64. The van der Waals surface area contributed by atoms with Gasteiger partial charge in [0.1, 0.15) is 17.4 Å². The molecule has 1 aromatic carbocycles. The summed E-state index contributed by atoms with van der Waals surface area (Å²) in [5.41, 5.74) is -1.23. The maximum Gasteiger partial charge on any atom is 0.287 e. The molecule has 0 fully saturated rings. The molecule has 1 aromatic heterocycles. The average Bonchev–Trinajstić information content (AvgIpc) is 2.57. The molecule has 24 heavy (non-hydrogen) atoms. The van der Waals surface area contributed by atoms with E-state index in [0.717, 1.165) is 16.8 Å². The first-order valence-corrected chi connectivity index (χ1v) is 7.01. The van der Waals surface area contributed by atoms with Crippen LogP contribution in [-0.2, 0) is 6.54 Å². The van der Waals surface area contributed by atoms with Gasteiger partial charge in [-0.15, -0.1) is 0 Å². The number of carbonyl (C=O) groups is 1. The van der Waals surface area contributed by atoms with Gasteiger partial charge in [-0.2, -0.15) is 5.26 Å².